The minimum Gasteiger partial charge on any atom is -0.461 e. The highest BCUT2D eigenvalue weighted by molar-refractivity contribution is 5.77. The lowest BCUT2D eigenvalue weighted by atomic mass is 10.2. The predicted molar refractivity (Wildman–Crippen MR) is 59.1 cm³/mol. The third kappa shape index (κ3) is 2.41. The van der Waals surface area contributed by atoms with E-state index >= 15 is 0 Å². The van der Waals surface area contributed by atoms with Crippen molar-refractivity contribution < 1.29 is 14.4 Å². The molecule has 4 heteroatoms. The maximum absolute atomic E-state index is 10.8. The number of hydrogen-bond donors (Lipinski definition) is 2. The zero-order valence-electron chi connectivity index (χ0n) is 8.77. The van der Waals surface area contributed by atoms with Gasteiger partial charge < -0.3 is 4.42 Å². The van der Waals surface area contributed by atoms with E-state index in [9.17, 15) is 4.79 Å². The minimum atomic E-state index is -0.365. The van der Waals surface area contributed by atoms with Crippen LogP contribution in [0, 0.1) is 0 Å². The van der Waals surface area contributed by atoms with Crippen LogP contribution in [0.4, 0.5) is 0 Å². The van der Waals surface area contributed by atoms with E-state index in [0.29, 0.717) is 19.3 Å². The highest BCUT2D eigenvalue weighted by Gasteiger charge is 2.04. The molecule has 0 spiro atoms. The zero-order chi connectivity index (χ0) is 11.4. The molecular formula is C12H13NO3. The number of aryl methyl sites for hydroxylation is 1. The van der Waals surface area contributed by atoms with Crippen molar-refractivity contribution in [2.45, 2.75) is 19.3 Å². The highest BCUT2D eigenvalue weighted by atomic mass is 16.5. The number of para-hydroxylation sites is 1. The van der Waals surface area contributed by atoms with Gasteiger partial charge in [0, 0.05) is 18.2 Å². The maximum Gasteiger partial charge on any atom is 0.243 e. The van der Waals surface area contributed by atoms with Crippen LogP contribution in [0.2, 0.25) is 0 Å². The van der Waals surface area contributed by atoms with Crippen LogP contribution in [0.3, 0.4) is 0 Å². The molecule has 1 heterocycles. The summed E-state index contributed by atoms with van der Waals surface area (Å²) in [6.07, 6.45) is 1.65. The molecule has 0 aliphatic carbocycles. The summed E-state index contributed by atoms with van der Waals surface area (Å²) in [5, 5.41) is 9.40. The van der Waals surface area contributed by atoms with E-state index in [1.807, 2.05) is 30.3 Å². The van der Waals surface area contributed by atoms with Gasteiger partial charge in [0.25, 0.3) is 0 Å². The van der Waals surface area contributed by atoms with Gasteiger partial charge in [0.2, 0.25) is 5.91 Å². The molecule has 0 unspecified atom stereocenters. The Kier molecular flexibility index (Phi) is 3.22. The van der Waals surface area contributed by atoms with Gasteiger partial charge in [-0.2, -0.15) is 0 Å². The first kappa shape index (κ1) is 10.7. The lowest BCUT2D eigenvalue weighted by Gasteiger charge is -1.96. The van der Waals surface area contributed by atoms with E-state index in [1.165, 1.54) is 0 Å². The molecule has 1 amide bonds. The quantitative estimate of drug-likeness (QED) is 0.612. The first-order valence-corrected chi connectivity index (χ1v) is 5.20. The molecule has 4 nitrogen and oxygen atoms in total. The minimum absolute atomic E-state index is 0.299. The summed E-state index contributed by atoms with van der Waals surface area (Å²) in [6.45, 7) is 0. The van der Waals surface area contributed by atoms with Gasteiger partial charge in [0.1, 0.15) is 11.3 Å². The number of furan rings is 1. The number of fused-ring (bicyclic) bond motifs is 1. The van der Waals surface area contributed by atoms with Gasteiger partial charge in [-0.15, -0.1) is 0 Å². The van der Waals surface area contributed by atoms with Gasteiger partial charge in [0.05, 0.1) is 0 Å². The van der Waals surface area contributed by atoms with Gasteiger partial charge in [-0.05, 0) is 18.6 Å². The summed E-state index contributed by atoms with van der Waals surface area (Å²) >= 11 is 0. The van der Waals surface area contributed by atoms with Gasteiger partial charge in [0.15, 0.2) is 0 Å². The Labute approximate surface area is 92.8 Å². The van der Waals surface area contributed by atoms with Gasteiger partial charge >= 0.3 is 0 Å². The Morgan fingerprint density at radius 1 is 1.38 bits per heavy atom. The third-order valence-electron chi connectivity index (χ3n) is 2.43. The Morgan fingerprint density at radius 2 is 2.19 bits per heavy atom. The fraction of sp³-hybridized carbons (Fsp3) is 0.250. The van der Waals surface area contributed by atoms with E-state index in [4.69, 9.17) is 9.62 Å². The number of carbonyl (C=O) groups excluding carboxylic acids is 1. The molecule has 0 saturated heterocycles. The van der Waals surface area contributed by atoms with Crippen molar-refractivity contribution in [1.82, 2.24) is 5.48 Å². The average Bonchev–Trinajstić information content (AvgIpc) is 2.71. The van der Waals surface area contributed by atoms with Crippen molar-refractivity contribution >= 4 is 16.9 Å². The lowest BCUT2D eigenvalue weighted by molar-refractivity contribution is -0.129. The van der Waals surface area contributed by atoms with Crippen LogP contribution in [-0.4, -0.2) is 11.1 Å². The van der Waals surface area contributed by atoms with E-state index in [1.54, 1.807) is 5.48 Å². The second-order valence-corrected chi connectivity index (χ2v) is 3.64. The van der Waals surface area contributed by atoms with E-state index in [-0.39, 0.29) is 5.91 Å². The summed E-state index contributed by atoms with van der Waals surface area (Å²) in [6, 6.07) is 9.77. The standard InChI is InChI=1S/C12H13NO3/c14-12(13-15)7-3-5-10-8-9-4-1-2-6-11(9)16-10/h1-2,4,6,8,15H,3,5,7H2,(H,13,14). The Balaban J connectivity index is 1.97. The van der Waals surface area contributed by atoms with Crippen molar-refractivity contribution in [3.8, 4) is 0 Å². The largest absolute Gasteiger partial charge is 0.461 e. The van der Waals surface area contributed by atoms with Gasteiger partial charge in [-0.3, -0.25) is 10.0 Å². The number of amides is 1. The first-order valence-electron chi connectivity index (χ1n) is 5.20. The molecule has 0 aliphatic heterocycles. The second-order valence-electron chi connectivity index (χ2n) is 3.64. The summed E-state index contributed by atoms with van der Waals surface area (Å²) in [4.78, 5) is 10.8. The normalized spacial score (nSPS) is 10.6. The topological polar surface area (TPSA) is 62.5 Å². The molecule has 1 aromatic carbocycles. The van der Waals surface area contributed by atoms with Crippen LogP contribution in [-0.2, 0) is 11.2 Å². The second kappa shape index (κ2) is 4.81. The van der Waals surface area contributed by atoms with Gasteiger partial charge in [-0.1, -0.05) is 18.2 Å². The molecular weight excluding hydrogens is 206 g/mol. The molecule has 0 aliphatic rings. The molecule has 0 atom stereocenters. The molecule has 0 saturated carbocycles. The number of hydrogen-bond acceptors (Lipinski definition) is 3. The molecule has 0 radical (unpaired) electrons. The Bertz CT molecular complexity index is 457. The summed E-state index contributed by atoms with van der Waals surface area (Å²) < 4.78 is 5.59. The summed E-state index contributed by atoms with van der Waals surface area (Å²) in [5.74, 6) is 0.503. The molecule has 1 aromatic heterocycles. The molecule has 84 valence electrons. The Hall–Kier alpha value is -1.81. The number of hydroxylamine groups is 1. The van der Waals surface area contributed by atoms with Crippen LogP contribution in [0.25, 0.3) is 11.0 Å². The number of rotatable bonds is 4. The summed E-state index contributed by atoms with van der Waals surface area (Å²) in [7, 11) is 0. The monoisotopic (exact) mass is 219 g/mol. The fourth-order valence-electron chi connectivity index (χ4n) is 1.64. The van der Waals surface area contributed by atoms with Crippen LogP contribution < -0.4 is 5.48 Å². The van der Waals surface area contributed by atoms with Crippen molar-refractivity contribution in [1.29, 1.82) is 0 Å². The van der Waals surface area contributed by atoms with Crippen LogP contribution >= 0.6 is 0 Å². The highest BCUT2D eigenvalue weighted by Crippen LogP contribution is 2.19. The van der Waals surface area contributed by atoms with E-state index in [2.05, 4.69) is 0 Å². The van der Waals surface area contributed by atoms with Crippen molar-refractivity contribution in [2.24, 2.45) is 0 Å². The van der Waals surface area contributed by atoms with Gasteiger partial charge in [-0.25, -0.2) is 5.48 Å². The summed E-state index contributed by atoms with van der Waals surface area (Å²) in [5.41, 5.74) is 2.47. The third-order valence-corrected chi connectivity index (χ3v) is 2.43. The van der Waals surface area contributed by atoms with Crippen LogP contribution in [0.5, 0.6) is 0 Å². The van der Waals surface area contributed by atoms with Crippen molar-refractivity contribution in [2.75, 3.05) is 0 Å². The number of benzene rings is 1. The zero-order valence-corrected chi connectivity index (χ0v) is 8.77. The molecule has 16 heavy (non-hydrogen) atoms. The average molecular weight is 219 g/mol. The van der Waals surface area contributed by atoms with Crippen LogP contribution in [0.15, 0.2) is 34.7 Å². The van der Waals surface area contributed by atoms with Crippen molar-refractivity contribution in [3.63, 3.8) is 0 Å². The van der Waals surface area contributed by atoms with Crippen molar-refractivity contribution in [3.05, 3.63) is 36.1 Å². The SMILES string of the molecule is O=C(CCCc1cc2ccccc2o1)NO. The lowest BCUT2D eigenvalue weighted by Crippen LogP contribution is -2.17. The van der Waals surface area contributed by atoms with Crippen LogP contribution in [0.1, 0.15) is 18.6 Å². The molecule has 0 bridgehead atoms. The number of carbonyl (C=O) groups is 1. The molecule has 2 rings (SSSR count). The predicted octanol–water partition coefficient (Wildman–Crippen LogP) is 2.26. The smallest absolute Gasteiger partial charge is 0.243 e. The molecule has 0 fully saturated rings. The first-order chi connectivity index (χ1) is 7.79. The van der Waals surface area contributed by atoms with E-state index in [0.717, 1.165) is 16.7 Å². The van der Waals surface area contributed by atoms with E-state index < -0.39 is 0 Å². The molecule has 2 aromatic rings. The molecule has 2 N–H and O–H groups in total. The Morgan fingerprint density at radius 3 is 2.94 bits per heavy atom. The number of nitrogens with one attached hydrogen (secondary N) is 1. The maximum atomic E-state index is 10.8. The fourth-order valence-corrected chi connectivity index (χ4v) is 1.64.